The number of carbonyl (C=O) groups is 1. The average molecular weight is 304 g/mol. The molecule has 0 bridgehead atoms. The molecule has 4 heteroatoms. The first kappa shape index (κ1) is 15.5. The summed E-state index contributed by atoms with van der Waals surface area (Å²) >= 11 is 0. The second-order valence-electron chi connectivity index (χ2n) is 6.93. The molecular formula is C18H25FN2O. The van der Waals surface area contributed by atoms with Gasteiger partial charge in [0.25, 0.3) is 0 Å². The van der Waals surface area contributed by atoms with Gasteiger partial charge in [-0.2, -0.15) is 0 Å². The Morgan fingerprint density at radius 1 is 1.27 bits per heavy atom. The fourth-order valence-corrected chi connectivity index (χ4v) is 3.58. The van der Waals surface area contributed by atoms with Crippen molar-refractivity contribution in [2.75, 3.05) is 27.2 Å². The highest BCUT2D eigenvalue weighted by Crippen LogP contribution is 2.42. The number of rotatable bonds is 4. The van der Waals surface area contributed by atoms with E-state index in [2.05, 4.69) is 11.0 Å². The van der Waals surface area contributed by atoms with Crippen molar-refractivity contribution in [2.45, 2.75) is 38.1 Å². The van der Waals surface area contributed by atoms with E-state index in [1.807, 2.05) is 6.07 Å². The zero-order chi connectivity index (χ0) is 15.7. The summed E-state index contributed by atoms with van der Waals surface area (Å²) in [5, 5.41) is 0. The number of benzene rings is 1. The lowest BCUT2D eigenvalue weighted by Crippen LogP contribution is -2.37. The van der Waals surface area contributed by atoms with Gasteiger partial charge in [-0.25, -0.2) is 4.39 Å². The number of nitrogens with zero attached hydrogens (tertiary/aromatic N) is 2. The lowest BCUT2D eigenvalue weighted by molar-refractivity contribution is -0.136. The van der Waals surface area contributed by atoms with Gasteiger partial charge < -0.3 is 4.90 Å². The summed E-state index contributed by atoms with van der Waals surface area (Å²) in [5.74, 6) is 0.561. The van der Waals surface area contributed by atoms with Crippen molar-refractivity contribution < 1.29 is 9.18 Å². The Morgan fingerprint density at radius 3 is 2.55 bits per heavy atom. The molecule has 1 saturated carbocycles. The molecule has 22 heavy (non-hydrogen) atoms. The van der Waals surface area contributed by atoms with Crippen molar-refractivity contribution >= 4 is 5.91 Å². The van der Waals surface area contributed by atoms with Crippen LogP contribution in [-0.2, 0) is 11.3 Å². The maximum Gasteiger partial charge on any atom is 0.225 e. The minimum Gasteiger partial charge on any atom is -0.349 e. The summed E-state index contributed by atoms with van der Waals surface area (Å²) in [4.78, 5) is 15.8. The minimum atomic E-state index is -0.0909. The molecule has 1 saturated heterocycles. The Morgan fingerprint density at radius 2 is 1.95 bits per heavy atom. The summed E-state index contributed by atoms with van der Waals surface area (Å²) in [6.45, 7) is 2.88. The Balaban J connectivity index is 1.60. The van der Waals surface area contributed by atoms with Crippen molar-refractivity contribution in [3.05, 3.63) is 35.1 Å². The predicted molar refractivity (Wildman–Crippen MR) is 85.1 cm³/mol. The maximum atomic E-state index is 14.3. The minimum absolute atomic E-state index is 0.0909. The molecule has 0 unspecified atom stereocenters. The highest BCUT2D eigenvalue weighted by molar-refractivity contribution is 5.79. The average Bonchev–Trinajstić information content (AvgIpc) is 2.92. The van der Waals surface area contributed by atoms with Crippen LogP contribution in [0, 0.1) is 11.7 Å². The third kappa shape index (κ3) is 3.17. The molecule has 0 N–H and O–H groups in total. The molecule has 2 aliphatic rings. The van der Waals surface area contributed by atoms with Gasteiger partial charge in [-0.3, -0.25) is 9.69 Å². The topological polar surface area (TPSA) is 23.6 Å². The lowest BCUT2D eigenvalue weighted by atomic mass is 9.71. The Labute approximate surface area is 132 Å². The zero-order valence-corrected chi connectivity index (χ0v) is 13.5. The quantitative estimate of drug-likeness (QED) is 0.854. The highest BCUT2D eigenvalue weighted by Gasteiger charge is 2.36. The number of halogens is 1. The third-order valence-electron chi connectivity index (χ3n) is 5.07. The first-order valence-electron chi connectivity index (χ1n) is 8.26. The van der Waals surface area contributed by atoms with Crippen LogP contribution in [0.5, 0.6) is 0 Å². The SMILES string of the molecule is CN(C)C(=O)[C@H]1C[C@@H](c2ccc(CN3CCCC3)c(F)c2)C1. The van der Waals surface area contributed by atoms with Gasteiger partial charge in [-0.05, 0) is 56.3 Å². The van der Waals surface area contributed by atoms with E-state index in [0.29, 0.717) is 5.92 Å². The summed E-state index contributed by atoms with van der Waals surface area (Å²) in [7, 11) is 3.59. The molecule has 0 atom stereocenters. The van der Waals surface area contributed by atoms with Crippen LogP contribution < -0.4 is 0 Å². The smallest absolute Gasteiger partial charge is 0.225 e. The number of hydrogen-bond acceptors (Lipinski definition) is 2. The number of hydrogen-bond donors (Lipinski definition) is 0. The van der Waals surface area contributed by atoms with Crippen LogP contribution >= 0.6 is 0 Å². The molecule has 2 fully saturated rings. The molecule has 1 heterocycles. The van der Waals surface area contributed by atoms with E-state index in [9.17, 15) is 9.18 Å². The van der Waals surface area contributed by atoms with E-state index in [1.54, 1.807) is 25.1 Å². The normalized spacial score (nSPS) is 25.0. The van der Waals surface area contributed by atoms with E-state index >= 15 is 0 Å². The number of carbonyl (C=O) groups excluding carboxylic acids is 1. The zero-order valence-electron chi connectivity index (χ0n) is 13.5. The molecular weight excluding hydrogens is 279 g/mol. The van der Waals surface area contributed by atoms with Gasteiger partial charge in [-0.1, -0.05) is 12.1 Å². The van der Waals surface area contributed by atoms with Gasteiger partial charge in [0.2, 0.25) is 5.91 Å². The summed E-state index contributed by atoms with van der Waals surface area (Å²) in [6.07, 6.45) is 4.15. The van der Waals surface area contributed by atoms with Crippen LogP contribution in [0.1, 0.15) is 42.7 Å². The van der Waals surface area contributed by atoms with Crippen molar-refractivity contribution in [3.8, 4) is 0 Å². The monoisotopic (exact) mass is 304 g/mol. The van der Waals surface area contributed by atoms with Crippen LogP contribution in [0.2, 0.25) is 0 Å². The van der Waals surface area contributed by atoms with Crippen LogP contribution in [0.15, 0.2) is 18.2 Å². The van der Waals surface area contributed by atoms with E-state index < -0.39 is 0 Å². The summed E-state index contributed by atoms with van der Waals surface area (Å²) < 4.78 is 14.3. The van der Waals surface area contributed by atoms with Gasteiger partial charge in [-0.15, -0.1) is 0 Å². The molecule has 120 valence electrons. The first-order chi connectivity index (χ1) is 10.5. The van der Waals surface area contributed by atoms with Crippen LogP contribution in [0.4, 0.5) is 4.39 Å². The molecule has 1 aliphatic heterocycles. The second kappa shape index (κ2) is 6.37. The van der Waals surface area contributed by atoms with E-state index in [1.165, 1.54) is 12.8 Å². The second-order valence-corrected chi connectivity index (χ2v) is 6.93. The highest BCUT2D eigenvalue weighted by atomic mass is 19.1. The standard InChI is InChI=1S/C18H25FN2O/c1-20(2)18(22)16-9-15(10-16)13-5-6-14(17(19)11-13)12-21-7-3-4-8-21/h5-6,11,15-16H,3-4,7-10,12H2,1-2H3/t15-,16+. The molecule has 3 rings (SSSR count). The first-order valence-corrected chi connectivity index (χ1v) is 8.26. The third-order valence-corrected chi connectivity index (χ3v) is 5.07. The van der Waals surface area contributed by atoms with Crippen molar-refractivity contribution in [1.29, 1.82) is 0 Å². The van der Waals surface area contributed by atoms with Crippen molar-refractivity contribution in [3.63, 3.8) is 0 Å². The van der Waals surface area contributed by atoms with Gasteiger partial charge in [0, 0.05) is 32.1 Å². The van der Waals surface area contributed by atoms with E-state index in [4.69, 9.17) is 0 Å². The number of amides is 1. The molecule has 1 aliphatic carbocycles. The summed E-state index contributed by atoms with van der Waals surface area (Å²) in [5.41, 5.74) is 1.84. The lowest BCUT2D eigenvalue weighted by Gasteiger charge is -2.36. The Kier molecular flexibility index (Phi) is 4.48. The molecule has 0 aromatic heterocycles. The van der Waals surface area contributed by atoms with E-state index in [-0.39, 0.29) is 17.6 Å². The van der Waals surface area contributed by atoms with Crippen LogP contribution in [-0.4, -0.2) is 42.9 Å². The Hall–Kier alpha value is -1.42. The molecule has 1 amide bonds. The summed E-state index contributed by atoms with van der Waals surface area (Å²) in [6, 6.07) is 5.67. The fraction of sp³-hybridized carbons (Fsp3) is 0.611. The Bertz CT molecular complexity index is 546. The van der Waals surface area contributed by atoms with Gasteiger partial charge >= 0.3 is 0 Å². The molecule has 0 radical (unpaired) electrons. The fourth-order valence-electron chi connectivity index (χ4n) is 3.58. The molecule has 1 aromatic carbocycles. The maximum absolute atomic E-state index is 14.3. The van der Waals surface area contributed by atoms with E-state index in [0.717, 1.165) is 43.6 Å². The number of likely N-dealkylation sites (tertiary alicyclic amines) is 1. The predicted octanol–water partition coefficient (Wildman–Crippen LogP) is 3.00. The molecule has 3 nitrogen and oxygen atoms in total. The largest absolute Gasteiger partial charge is 0.349 e. The molecule has 1 aromatic rings. The molecule has 0 spiro atoms. The van der Waals surface area contributed by atoms with Gasteiger partial charge in [0.15, 0.2) is 0 Å². The van der Waals surface area contributed by atoms with Crippen LogP contribution in [0.3, 0.4) is 0 Å². The van der Waals surface area contributed by atoms with Gasteiger partial charge in [0.1, 0.15) is 5.82 Å². The van der Waals surface area contributed by atoms with Crippen molar-refractivity contribution in [2.24, 2.45) is 5.92 Å². The van der Waals surface area contributed by atoms with Crippen molar-refractivity contribution in [1.82, 2.24) is 9.80 Å². The van der Waals surface area contributed by atoms with Gasteiger partial charge in [0.05, 0.1) is 0 Å². The van der Waals surface area contributed by atoms with Crippen LogP contribution in [0.25, 0.3) is 0 Å².